The summed E-state index contributed by atoms with van der Waals surface area (Å²) in [5.41, 5.74) is 1.19. The highest BCUT2D eigenvalue weighted by Gasteiger charge is 2.18. The fourth-order valence-corrected chi connectivity index (χ4v) is 2.66. The zero-order chi connectivity index (χ0) is 16.2. The molecule has 0 saturated heterocycles. The van der Waals surface area contributed by atoms with Gasteiger partial charge in [-0.25, -0.2) is 9.78 Å². The van der Waals surface area contributed by atoms with Gasteiger partial charge in [0.15, 0.2) is 11.4 Å². The molecular weight excluding hydrogens is 358 g/mol. The highest BCUT2D eigenvalue weighted by molar-refractivity contribution is 9.10. The zero-order valence-electron chi connectivity index (χ0n) is 12.5. The van der Waals surface area contributed by atoms with Crippen molar-refractivity contribution in [3.05, 3.63) is 70.5 Å². The molecule has 0 atom stereocenters. The van der Waals surface area contributed by atoms with Gasteiger partial charge in [-0.05, 0) is 23.8 Å². The van der Waals surface area contributed by atoms with Gasteiger partial charge in [0, 0.05) is 21.4 Å². The van der Waals surface area contributed by atoms with E-state index in [1.165, 1.54) is 7.11 Å². The predicted molar refractivity (Wildman–Crippen MR) is 91.6 cm³/mol. The Balaban J connectivity index is 2.05. The molecule has 0 aliphatic heterocycles. The van der Waals surface area contributed by atoms with E-state index in [-0.39, 0.29) is 5.69 Å². The number of esters is 1. The second-order valence-corrected chi connectivity index (χ2v) is 5.85. The Bertz CT molecular complexity index is 850. The van der Waals surface area contributed by atoms with Gasteiger partial charge in [0.1, 0.15) is 6.61 Å². The van der Waals surface area contributed by atoms with Crippen molar-refractivity contribution in [2.45, 2.75) is 6.61 Å². The number of fused-ring (bicyclic) bond motifs is 1. The second kappa shape index (κ2) is 6.79. The first-order valence-corrected chi connectivity index (χ1v) is 7.81. The summed E-state index contributed by atoms with van der Waals surface area (Å²) in [6.45, 7) is 0.349. The summed E-state index contributed by atoms with van der Waals surface area (Å²) in [5.74, 6) is -0.0800. The number of halogens is 1. The van der Waals surface area contributed by atoms with Gasteiger partial charge in [-0.15, -0.1) is 0 Å². The highest BCUT2D eigenvalue weighted by Crippen LogP contribution is 2.31. The van der Waals surface area contributed by atoms with Crippen molar-refractivity contribution in [2.24, 2.45) is 0 Å². The number of pyridine rings is 1. The lowest BCUT2D eigenvalue weighted by atomic mass is 10.1. The number of ether oxygens (including phenoxy) is 2. The first kappa shape index (κ1) is 15.5. The molecule has 4 nitrogen and oxygen atoms in total. The van der Waals surface area contributed by atoms with Crippen LogP contribution in [0.25, 0.3) is 10.8 Å². The van der Waals surface area contributed by atoms with Crippen LogP contribution in [0.15, 0.2) is 59.2 Å². The third-order valence-corrected chi connectivity index (χ3v) is 3.90. The molecule has 0 spiro atoms. The minimum atomic E-state index is -0.516. The smallest absolute Gasteiger partial charge is 0.360 e. The molecule has 1 aromatic heterocycles. The van der Waals surface area contributed by atoms with E-state index in [1.54, 1.807) is 6.20 Å². The molecule has 0 amide bonds. The summed E-state index contributed by atoms with van der Waals surface area (Å²) in [7, 11) is 1.33. The molecule has 0 N–H and O–H groups in total. The van der Waals surface area contributed by atoms with Crippen molar-refractivity contribution in [3.8, 4) is 5.75 Å². The number of hydrogen-bond donors (Lipinski definition) is 0. The van der Waals surface area contributed by atoms with E-state index in [9.17, 15) is 4.79 Å². The number of carbonyl (C=O) groups is 1. The van der Waals surface area contributed by atoms with Crippen molar-refractivity contribution in [2.75, 3.05) is 7.11 Å². The van der Waals surface area contributed by atoms with Crippen molar-refractivity contribution in [1.82, 2.24) is 4.98 Å². The van der Waals surface area contributed by atoms with Gasteiger partial charge in [0.25, 0.3) is 0 Å². The van der Waals surface area contributed by atoms with Gasteiger partial charge < -0.3 is 9.47 Å². The fourth-order valence-electron chi connectivity index (χ4n) is 2.29. The van der Waals surface area contributed by atoms with Crippen LogP contribution < -0.4 is 4.74 Å². The van der Waals surface area contributed by atoms with E-state index >= 15 is 0 Å². The van der Waals surface area contributed by atoms with Crippen molar-refractivity contribution in [3.63, 3.8) is 0 Å². The fraction of sp³-hybridized carbons (Fsp3) is 0.111. The first-order chi connectivity index (χ1) is 11.2. The highest BCUT2D eigenvalue weighted by atomic mass is 79.9. The Hall–Kier alpha value is -2.40. The average Bonchev–Trinajstić information content (AvgIpc) is 2.59. The summed E-state index contributed by atoms with van der Waals surface area (Å²) < 4.78 is 11.7. The lowest BCUT2D eigenvalue weighted by Crippen LogP contribution is -2.09. The molecule has 3 rings (SSSR count). The molecule has 0 radical (unpaired) electrons. The monoisotopic (exact) mass is 371 g/mol. The largest absolute Gasteiger partial charge is 0.486 e. The summed E-state index contributed by atoms with van der Waals surface area (Å²) >= 11 is 3.43. The molecule has 116 valence electrons. The van der Waals surface area contributed by atoms with Crippen molar-refractivity contribution in [1.29, 1.82) is 0 Å². The van der Waals surface area contributed by atoms with Crippen molar-refractivity contribution >= 4 is 32.7 Å². The quantitative estimate of drug-likeness (QED) is 0.639. The van der Waals surface area contributed by atoms with Crippen LogP contribution in [0.4, 0.5) is 0 Å². The molecule has 3 aromatic rings. The number of methoxy groups -OCH3 is 1. The maximum absolute atomic E-state index is 12.0. The topological polar surface area (TPSA) is 48.4 Å². The van der Waals surface area contributed by atoms with Gasteiger partial charge in [0.2, 0.25) is 0 Å². The Morgan fingerprint density at radius 1 is 1.17 bits per heavy atom. The van der Waals surface area contributed by atoms with Crippen LogP contribution in [0.1, 0.15) is 16.1 Å². The minimum Gasteiger partial charge on any atom is -0.486 e. The molecule has 0 aliphatic rings. The van der Waals surface area contributed by atoms with E-state index in [0.717, 1.165) is 20.8 Å². The Kier molecular flexibility index (Phi) is 4.57. The third-order valence-electron chi connectivity index (χ3n) is 3.41. The Morgan fingerprint density at radius 2 is 1.96 bits per heavy atom. The second-order valence-electron chi connectivity index (χ2n) is 4.93. The number of rotatable bonds is 4. The molecule has 23 heavy (non-hydrogen) atoms. The van der Waals surface area contributed by atoms with Crippen LogP contribution in [0.5, 0.6) is 5.75 Å². The Morgan fingerprint density at radius 3 is 2.70 bits per heavy atom. The van der Waals surface area contributed by atoms with Crippen LogP contribution >= 0.6 is 15.9 Å². The summed E-state index contributed by atoms with van der Waals surface area (Å²) in [4.78, 5) is 16.2. The van der Waals surface area contributed by atoms with Crippen LogP contribution in [-0.4, -0.2) is 18.1 Å². The number of aromatic nitrogens is 1. The van der Waals surface area contributed by atoms with Gasteiger partial charge in [0.05, 0.1) is 7.11 Å². The number of benzene rings is 2. The summed E-state index contributed by atoms with van der Waals surface area (Å²) in [6.07, 6.45) is 1.64. The summed E-state index contributed by atoms with van der Waals surface area (Å²) in [5, 5.41) is 1.70. The number of nitrogens with zero attached hydrogens (tertiary/aromatic N) is 1. The molecule has 0 bridgehead atoms. The van der Waals surface area contributed by atoms with E-state index < -0.39 is 5.97 Å². The zero-order valence-corrected chi connectivity index (χ0v) is 14.0. The number of hydrogen-bond acceptors (Lipinski definition) is 4. The minimum absolute atomic E-state index is 0.179. The van der Waals surface area contributed by atoms with E-state index in [2.05, 4.69) is 20.9 Å². The molecule has 2 aromatic carbocycles. The maximum Gasteiger partial charge on any atom is 0.360 e. The normalized spacial score (nSPS) is 10.5. The SMILES string of the molecule is COC(=O)c1ncc2cc(Br)ccc2c1OCc1ccccc1. The molecule has 0 unspecified atom stereocenters. The van der Waals surface area contributed by atoms with Crippen LogP contribution in [0.2, 0.25) is 0 Å². The molecular formula is C18H14BrNO3. The Labute approximate surface area is 142 Å². The van der Waals surface area contributed by atoms with Gasteiger partial charge in [-0.2, -0.15) is 0 Å². The van der Waals surface area contributed by atoms with Gasteiger partial charge >= 0.3 is 5.97 Å². The first-order valence-electron chi connectivity index (χ1n) is 7.02. The molecule has 1 heterocycles. The van der Waals surface area contributed by atoms with E-state index in [4.69, 9.17) is 9.47 Å². The molecule has 0 fully saturated rings. The van der Waals surface area contributed by atoms with Crippen LogP contribution in [0.3, 0.4) is 0 Å². The average molecular weight is 372 g/mol. The lowest BCUT2D eigenvalue weighted by molar-refractivity contribution is 0.0589. The third kappa shape index (κ3) is 3.35. The standard InChI is InChI=1S/C18H14BrNO3/c1-22-18(21)16-17(23-11-12-5-3-2-4-6-12)15-8-7-14(19)9-13(15)10-20-16/h2-10H,11H2,1H3. The summed E-state index contributed by atoms with van der Waals surface area (Å²) in [6, 6.07) is 15.5. The molecule has 0 saturated carbocycles. The molecule has 5 heteroatoms. The molecule has 0 aliphatic carbocycles. The van der Waals surface area contributed by atoms with Crippen LogP contribution in [-0.2, 0) is 11.3 Å². The van der Waals surface area contributed by atoms with Crippen molar-refractivity contribution < 1.29 is 14.3 Å². The van der Waals surface area contributed by atoms with E-state index in [1.807, 2.05) is 48.5 Å². The van der Waals surface area contributed by atoms with Gasteiger partial charge in [-0.3, -0.25) is 0 Å². The lowest BCUT2D eigenvalue weighted by Gasteiger charge is -2.13. The van der Waals surface area contributed by atoms with Crippen LogP contribution in [0, 0.1) is 0 Å². The number of carbonyl (C=O) groups excluding carboxylic acids is 1. The van der Waals surface area contributed by atoms with Gasteiger partial charge in [-0.1, -0.05) is 46.3 Å². The maximum atomic E-state index is 12.0. The van der Waals surface area contributed by atoms with E-state index in [0.29, 0.717) is 12.4 Å². The predicted octanol–water partition coefficient (Wildman–Crippen LogP) is 4.36.